The van der Waals surface area contributed by atoms with Gasteiger partial charge in [-0.05, 0) is 18.7 Å². The van der Waals surface area contributed by atoms with E-state index in [9.17, 15) is 0 Å². The van der Waals surface area contributed by atoms with E-state index in [2.05, 4.69) is 22.4 Å². The molecule has 4 heteroatoms. The summed E-state index contributed by atoms with van der Waals surface area (Å²) in [5, 5.41) is 12.2. The average molecular weight is 217 g/mol. The molecule has 0 saturated heterocycles. The molecule has 0 spiro atoms. The molecule has 0 bridgehead atoms. The quantitative estimate of drug-likeness (QED) is 0.773. The van der Waals surface area contributed by atoms with Gasteiger partial charge in [-0.1, -0.05) is 19.1 Å². The van der Waals surface area contributed by atoms with Gasteiger partial charge in [-0.15, -0.1) is 0 Å². The van der Waals surface area contributed by atoms with Crippen molar-refractivity contribution in [2.75, 3.05) is 19.7 Å². The maximum atomic E-state index is 5.66. The topological polar surface area (TPSA) is 47.0 Å². The van der Waals surface area contributed by atoms with E-state index < -0.39 is 0 Å². The fourth-order valence-electron chi connectivity index (χ4n) is 1.51. The second-order valence-electron chi connectivity index (χ2n) is 3.43. The highest BCUT2D eigenvalue weighted by molar-refractivity contribution is 5.83. The number of nitrogens with zero attached hydrogens (tertiary/aromatic N) is 2. The Morgan fingerprint density at radius 2 is 2.19 bits per heavy atom. The van der Waals surface area contributed by atoms with Crippen LogP contribution in [0.4, 0.5) is 0 Å². The Morgan fingerprint density at radius 1 is 1.31 bits per heavy atom. The molecule has 0 aliphatic rings. The first-order chi connectivity index (χ1) is 7.92. The molecule has 0 amide bonds. The molecule has 0 unspecified atom stereocenters. The van der Waals surface area contributed by atoms with Crippen LogP contribution in [0.2, 0.25) is 0 Å². The Bertz CT molecular complexity index is 453. The molecule has 1 heterocycles. The zero-order valence-electron chi connectivity index (χ0n) is 9.31. The van der Waals surface area contributed by atoms with Crippen molar-refractivity contribution in [1.29, 1.82) is 0 Å². The zero-order valence-corrected chi connectivity index (χ0v) is 9.31. The third-order valence-corrected chi connectivity index (χ3v) is 2.30. The highest BCUT2D eigenvalue weighted by Crippen LogP contribution is 2.21. The van der Waals surface area contributed by atoms with E-state index in [0.29, 0.717) is 6.61 Å². The monoisotopic (exact) mass is 217 g/mol. The molecule has 1 N–H and O–H groups in total. The lowest BCUT2D eigenvalue weighted by molar-refractivity contribution is 0.317. The van der Waals surface area contributed by atoms with Crippen LogP contribution in [0.25, 0.3) is 10.9 Å². The van der Waals surface area contributed by atoms with Crippen LogP contribution >= 0.6 is 0 Å². The maximum Gasteiger partial charge on any atom is 0.148 e. The highest BCUT2D eigenvalue weighted by atomic mass is 16.5. The highest BCUT2D eigenvalue weighted by Gasteiger charge is 2.02. The molecule has 4 nitrogen and oxygen atoms in total. The summed E-state index contributed by atoms with van der Waals surface area (Å²) in [5.41, 5.74) is 0.864. The molecule has 0 radical (unpaired) electrons. The van der Waals surface area contributed by atoms with E-state index in [1.54, 1.807) is 6.20 Å². The normalized spacial score (nSPS) is 10.6. The number of hydrogen-bond donors (Lipinski definition) is 1. The first-order valence-corrected chi connectivity index (χ1v) is 5.45. The minimum Gasteiger partial charge on any atom is -0.490 e. The number of nitrogens with one attached hydrogen (secondary N) is 1. The third kappa shape index (κ3) is 2.46. The van der Waals surface area contributed by atoms with Gasteiger partial charge in [0, 0.05) is 11.9 Å². The van der Waals surface area contributed by atoms with Gasteiger partial charge in [0.1, 0.15) is 12.4 Å². The second kappa shape index (κ2) is 5.42. The van der Waals surface area contributed by atoms with E-state index >= 15 is 0 Å². The average Bonchev–Trinajstić information content (AvgIpc) is 2.35. The summed E-state index contributed by atoms with van der Waals surface area (Å²) in [6.07, 6.45) is 1.66. The van der Waals surface area contributed by atoms with Crippen LogP contribution in [0.1, 0.15) is 6.92 Å². The molecule has 84 valence electrons. The van der Waals surface area contributed by atoms with E-state index in [1.807, 2.05) is 24.3 Å². The van der Waals surface area contributed by atoms with E-state index in [4.69, 9.17) is 4.74 Å². The molecule has 1 aromatic heterocycles. The molecule has 2 aromatic rings. The fourth-order valence-corrected chi connectivity index (χ4v) is 1.51. The fraction of sp³-hybridized carbons (Fsp3) is 0.333. The summed E-state index contributed by atoms with van der Waals surface area (Å²) in [5.74, 6) is 0.795. The predicted molar refractivity (Wildman–Crippen MR) is 63.6 cm³/mol. The molecule has 0 aliphatic carbocycles. The number of aromatic nitrogens is 2. The van der Waals surface area contributed by atoms with Crippen molar-refractivity contribution >= 4 is 10.9 Å². The molecule has 16 heavy (non-hydrogen) atoms. The summed E-state index contributed by atoms with van der Waals surface area (Å²) in [6, 6.07) is 7.84. The number of fused-ring (bicyclic) bond motifs is 1. The van der Waals surface area contributed by atoms with Crippen molar-refractivity contribution in [3.63, 3.8) is 0 Å². The SMILES string of the molecule is CCNCCOc1cnnc2ccccc12. The van der Waals surface area contributed by atoms with E-state index in [-0.39, 0.29) is 0 Å². The largest absolute Gasteiger partial charge is 0.490 e. The first kappa shape index (κ1) is 10.8. The van der Waals surface area contributed by atoms with Crippen LogP contribution in [0, 0.1) is 0 Å². The predicted octanol–water partition coefficient (Wildman–Crippen LogP) is 1.62. The smallest absolute Gasteiger partial charge is 0.148 e. The second-order valence-corrected chi connectivity index (χ2v) is 3.43. The summed E-state index contributed by atoms with van der Waals surface area (Å²) in [7, 11) is 0. The Hall–Kier alpha value is -1.68. The molecule has 0 aliphatic heterocycles. The van der Waals surface area contributed by atoms with Crippen LogP contribution in [0.15, 0.2) is 30.5 Å². The van der Waals surface area contributed by atoms with Crippen molar-refractivity contribution in [3.05, 3.63) is 30.5 Å². The van der Waals surface area contributed by atoms with Gasteiger partial charge in [0.25, 0.3) is 0 Å². The van der Waals surface area contributed by atoms with Crippen LogP contribution in [0.5, 0.6) is 5.75 Å². The Morgan fingerprint density at radius 3 is 3.06 bits per heavy atom. The standard InChI is InChI=1S/C12H15N3O/c1-2-13-7-8-16-12-9-14-15-11-6-4-3-5-10(11)12/h3-6,9,13H,2,7-8H2,1H3. The Balaban J connectivity index is 2.11. The van der Waals surface area contributed by atoms with Crippen LogP contribution in [-0.2, 0) is 0 Å². The summed E-state index contributed by atoms with van der Waals surface area (Å²) in [6.45, 7) is 4.51. The van der Waals surface area contributed by atoms with Gasteiger partial charge in [-0.2, -0.15) is 10.2 Å². The molecule has 0 fully saturated rings. The van der Waals surface area contributed by atoms with Crippen LogP contribution in [0.3, 0.4) is 0 Å². The lowest BCUT2D eigenvalue weighted by atomic mass is 10.2. The molecule has 1 aromatic carbocycles. The van der Waals surface area contributed by atoms with Gasteiger partial charge in [0.05, 0.1) is 11.7 Å². The summed E-state index contributed by atoms with van der Waals surface area (Å²) in [4.78, 5) is 0. The minimum atomic E-state index is 0.642. The van der Waals surface area contributed by atoms with E-state index in [0.717, 1.165) is 29.7 Å². The number of rotatable bonds is 5. The van der Waals surface area contributed by atoms with Gasteiger partial charge in [0.2, 0.25) is 0 Å². The van der Waals surface area contributed by atoms with Crippen LogP contribution in [-0.4, -0.2) is 29.9 Å². The van der Waals surface area contributed by atoms with Crippen molar-refractivity contribution in [1.82, 2.24) is 15.5 Å². The lowest BCUT2D eigenvalue weighted by Gasteiger charge is -2.07. The van der Waals surface area contributed by atoms with Crippen molar-refractivity contribution < 1.29 is 4.74 Å². The number of hydrogen-bond acceptors (Lipinski definition) is 4. The van der Waals surface area contributed by atoms with E-state index in [1.165, 1.54) is 0 Å². The van der Waals surface area contributed by atoms with Gasteiger partial charge in [0.15, 0.2) is 0 Å². The minimum absolute atomic E-state index is 0.642. The van der Waals surface area contributed by atoms with Crippen molar-refractivity contribution in [2.24, 2.45) is 0 Å². The number of likely N-dealkylation sites (N-methyl/N-ethyl adjacent to an activating group) is 1. The Labute approximate surface area is 94.6 Å². The lowest BCUT2D eigenvalue weighted by Crippen LogP contribution is -2.20. The molecule has 0 saturated carbocycles. The number of ether oxygens (including phenoxy) is 1. The zero-order chi connectivity index (χ0) is 11.2. The Kier molecular flexibility index (Phi) is 3.66. The molecular formula is C12H15N3O. The van der Waals surface area contributed by atoms with Crippen molar-refractivity contribution in [3.8, 4) is 5.75 Å². The van der Waals surface area contributed by atoms with Crippen LogP contribution < -0.4 is 10.1 Å². The first-order valence-electron chi connectivity index (χ1n) is 5.45. The number of benzene rings is 1. The van der Waals surface area contributed by atoms with Gasteiger partial charge >= 0.3 is 0 Å². The molecule has 2 rings (SSSR count). The summed E-state index contributed by atoms with van der Waals surface area (Å²) < 4.78 is 5.66. The van der Waals surface area contributed by atoms with Gasteiger partial charge < -0.3 is 10.1 Å². The molecule has 0 atom stereocenters. The van der Waals surface area contributed by atoms with Gasteiger partial charge in [-0.3, -0.25) is 0 Å². The maximum absolute atomic E-state index is 5.66. The molecular weight excluding hydrogens is 202 g/mol. The summed E-state index contributed by atoms with van der Waals surface area (Å²) >= 11 is 0. The van der Waals surface area contributed by atoms with Gasteiger partial charge in [-0.25, -0.2) is 0 Å². The van der Waals surface area contributed by atoms with Crippen molar-refractivity contribution in [2.45, 2.75) is 6.92 Å². The third-order valence-electron chi connectivity index (χ3n) is 2.30.